The van der Waals surface area contributed by atoms with Gasteiger partial charge in [0.1, 0.15) is 0 Å². The third kappa shape index (κ3) is 2.22. The van der Waals surface area contributed by atoms with E-state index in [4.69, 9.17) is 5.11 Å². The van der Waals surface area contributed by atoms with Gasteiger partial charge in [-0.25, -0.2) is 4.98 Å². The van der Waals surface area contributed by atoms with Crippen LogP contribution in [0.3, 0.4) is 0 Å². The molecule has 5 heteroatoms. The number of carbonyl (C=O) groups is 1. The summed E-state index contributed by atoms with van der Waals surface area (Å²) in [6.45, 7) is 2.43. The molecule has 0 bridgehead atoms. The summed E-state index contributed by atoms with van der Waals surface area (Å²) >= 11 is 0. The van der Waals surface area contributed by atoms with Gasteiger partial charge in [-0.05, 0) is 24.6 Å². The molecule has 1 aromatic carbocycles. The lowest BCUT2D eigenvalue weighted by molar-refractivity contribution is -0.137. The van der Waals surface area contributed by atoms with Crippen LogP contribution in [0.1, 0.15) is 12.0 Å². The molecule has 1 aromatic heterocycles. The van der Waals surface area contributed by atoms with Gasteiger partial charge in [-0.1, -0.05) is 6.07 Å². The minimum Gasteiger partial charge on any atom is -0.481 e. The predicted octanol–water partition coefficient (Wildman–Crippen LogP) is 1.86. The standard InChI is InChI=1S/C12H15N3O2/c1-8-3-4-10-9(7-8)14-12(13-2)15(10)6-5-11(16)17/h3-4,7H,5-6H2,1-2H3,(H,13,14)(H,16,17). The molecule has 0 amide bonds. The van der Waals surface area contributed by atoms with Crippen LogP contribution in [0, 0.1) is 6.92 Å². The largest absolute Gasteiger partial charge is 0.481 e. The van der Waals surface area contributed by atoms with Gasteiger partial charge in [0, 0.05) is 13.6 Å². The van der Waals surface area contributed by atoms with Crippen LogP contribution in [0.25, 0.3) is 11.0 Å². The Morgan fingerprint density at radius 1 is 1.53 bits per heavy atom. The molecule has 5 nitrogen and oxygen atoms in total. The van der Waals surface area contributed by atoms with Gasteiger partial charge in [0.2, 0.25) is 5.95 Å². The number of aryl methyl sites for hydroxylation is 2. The number of carboxylic acid groups (broad SMARTS) is 1. The molecule has 0 aliphatic rings. The number of fused-ring (bicyclic) bond motifs is 1. The van der Waals surface area contributed by atoms with E-state index < -0.39 is 5.97 Å². The van der Waals surface area contributed by atoms with E-state index in [0.717, 1.165) is 16.6 Å². The van der Waals surface area contributed by atoms with Crippen molar-refractivity contribution >= 4 is 23.0 Å². The lowest BCUT2D eigenvalue weighted by Crippen LogP contribution is -2.07. The van der Waals surface area contributed by atoms with Crippen molar-refractivity contribution in [2.75, 3.05) is 12.4 Å². The summed E-state index contributed by atoms with van der Waals surface area (Å²) in [4.78, 5) is 15.1. The topological polar surface area (TPSA) is 67.2 Å². The minimum absolute atomic E-state index is 0.0913. The summed E-state index contributed by atoms with van der Waals surface area (Å²) in [7, 11) is 1.78. The highest BCUT2D eigenvalue weighted by atomic mass is 16.4. The number of hydrogen-bond donors (Lipinski definition) is 2. The molecule has 0 radical (unpaired) electrons. The second-order valence-corrected chi connectivity index (χ2v) is 3.97. The smallest absolute Gasteiger partial charge is 0.305 e. The van der Waals surface area contributed by atoms with E-state index in [9.17, 15) is 4.79 Å². The van der Waals surface area contributed by atoms with E-state index in [2.05, 4.69) is 10.3 Å². The quantitative estimate of drug-likeness (QED) is 0.845. The van der Waals surface area contributed by atoms with Crippen molar-refractivity contribution in [2.45, 2.75) is 19.9 Å². The SMILES string of the molecule is CNc1nc2cc(C)ccc2n1CCC(=O)O. The van der Waals surface area contributed by atoms with E-state index in [1.807, 2.05) is 29.7 Å². The number of aromatic nitrogens is 2. The molecule has 0 aliphatic carbocycles. The maximum Gasteiger partial charge on any atom is 0.305 e. The number of anilines is 1. The van der Waals surface area contributed by atoms with E-state index in [1.54, 1.807) is 7.05 Å². The van der Waals surface area contributed by atoms with Crippen molar-refractivity contribution in [3.63, 3.8) is 0 Å². The first kappa shape index (κ1) is 11.4. The Bertz CT molecular complexity index is 560. The highest BCUT2D eigenvalue weighted by Crippen LogP contribution is 2.20. The number of hydrogen-bond acceptors (Lipinski definition) is 3. The zero-order valence-electron chi connectivity index (χ0n) is 9.90. The summed E-state index contributed by atoms with van der Waals surface area (Å²) < 4.78 is 1.89. The summed E-state index contributed by atoms with van der Waals surface area (Å²) in [6.07, 6.45) is 0.0913. The molecule has 0 aliphatic heterocycles. The van der Waals surface area contributed by atoms with Crippen LogP contribution in [-0.2, 0) is 11.3 Å². The third-order valence-electron chi connectivity index (χ3n) is 2.68. The molecule has 0 saturated carbocycles. The van der Waals surface area contributed by atoms with E-state index in [1.165, 1.54) is 0 Å². The summed E-state index contributed by atoms with van der Waals surface area (Å²) in [6, 6.07) is 5.97. The monoisotopic (exact) mass is 233 g/mol. The number of aliphatic carboxylic acids is 1. The first-order valence-electron chi connectivity index (χ1n) is 5.48. The number of carboxylic acids is 1. The van der Waals surface area contributed by atoms with Crippen LogP contribution < -0.4 is 5.32 Å². The molecule has 2 rings (SSSR count). The number of imidazole rings is 1. The maximum absolute atomic E-state index is 10.6. The highest BCUT2D eigenvalue weighted by molar-refractivity contribution is 5.79. The molecule has 0 unspecified atom stereocenters. The Morgan fingerprint density at radius 3 is 2.94 bits per heavy atom. The Labute approximate surface area is 99.1 Å². The molecule has 90 valence electrons. The average Bonchev–Trinajstić information content (AvgIpc) is 2.63. The molecule has 0 spiro atoms. The molecule has 2 N–H and O–H groups in total. The van der Waals surface area contributed by atoms with Crippen molar-refractivity contribution in [3.05, 3.63) is 23.8 Å². The van der Waals surface area contributed by atoms with Gasteiger partial charge < -0.3 is 15.0 Å². The Kier molecular flexibility index (Phi) is 2.99. The van der Waals surface area contributed by atoms with Crippen LogP contribution in [0.2, 0.25) is 0 Å². The lowest BCUT2D eigenvalue weighted by atomic mass is 10.2. The summed E-state index contributed by atoms with van der Waals surface area (Å²) in [5.74, 6) is -0.104. The van der Waals surface area contributed by atoms with Gasteiger partial charge in [0.05, 0.1) is 17.5 Å². The van der Waals surface area contributed by atoms with Crippen LogP contribution in [0.4, 0.5) is 5.95 Å². The number of benzene rings is 1. The Balaban J connectivity index is 2.47. The minimum atomic E-state index is -0.805. The molecule has 1 heterocycles. The fraction of sp³-hybridized carbons (Fsp3) is 0.333. The molecule has 17 heavy (non-hydrogen) atoms. The molecular weight excluding hydrogens is 218 g/mol. The van der Waals surface area contributed by atoms with Gasteiger partial charge in [0.25, 0.3) is 0 Å². The second-order valence-electron chi connectivity index (χ2n) is 3.97. The molecule has 0 fully saturated rings. The second kappa shape index (κ2) is 4.45. The zero-order valence-corrected chi connectivity index (χ0v) is 9.90. The van der Waals surface area contributed by atoms with Crippen molar-refractivity contribution in [3.8, 4) is 0 Å². The average molecular weight is 233 g/mol. The van der Waals surface area contributed by atoms with E-state index in [-0.39, 0.29) is 6.42 Å². The predicted molar refractivity (Wildman–Crippen MR) is 66.3 cm³/mol. The number of rotatable bonds is 4. The zero-order chi connectivity index (χ0) is 12.4. The normalized spacial score (nSPS) is 10.7. The molecular formula is C12H15N3O2. The van der Waals surface area contributed by atoms with Crippen LogP contribution >= 0.6 is 0 Å². The van der Waals surface area contributed by atoms with Crippen molar-refractivity contribution < 1.29 is 9.90 Å². The first-order chi connectivity index (χ1) is 8.11. The highest BCUT2D eigenvalue weighted by Gasteiger charge is 2.10. The fourth-order valence-electron chi connectivity index (χ4n) is 1.86. The van der Waals surface area contributed by atoms with Crippen molar-refractivity contribution in [2.24, 2.45) is 0 Å². The molecule has 2 aromatic rings. The Morgan fingerprint density at radius 2 is 2.29 bits per heavy atom. The maximum atomic E-state index is 10.6. The summed E-state index contributed by atoms with van der Waals surface area (Å²) in [5, 5.41) is 11.7. The van der Waals surface area contributed by atoms with Gasteiger partial charge >= 0.3 is 5.97 Å². The fourth-order valence-corrected chi connectivity index (χ4v) is 1.86. The van der Waals surface area contributed by atoms with E-state index in [0.29, 0.717) is 12.5 Å². The molecule has 0 saturated heterocycles. The number of nitrogens with zero attached hydrogens (tertiary/aromatic N) is 2. The van der Waals surface area contributed by atoms with Gasteiger partial charge in [0.15, 0.2) is 0 Å². The van der Waals surface area contributed by atoms with Gasteiger partial charge in [-0.3, -0.25) is 4.79 Å². The lowest BCUT2D eigenvalue weighted by Gasteiger charge is -2.06. The Hall–Kier alpha value is -2.04. The van der Waals surface area contributed by atoms with Crippen molar-refractivity contribution in [1.29, 1.82) is 0 Å². The molecule has 0 atom stereocenters. The third-order valence-corrected chi connectivity index (χ3v) is 2.68. The van der Waals surface area contributed by atoms with Crippen LogP contribution in [0.5, 0.6) is 0 Å². The van der Waals surface area contributed by atoms with E-state index >= 15 is 0 Å². The first-order valence-corrected chi connectivity index (χ1v) is 5.48. The van der Waals surface area contributed by atoms with Crippen LogP contribution in [0.15, 0.2) is 18.2 Å². The summed E-state index contributed by atoms with van der Waals surface area (Å²) in [5.41, 5.74) is 2.99. The van der Waals surface area contributed by atoms with Gasteiger partial charge in [-0.15, -0.1) is 0 Å². The number of nitrogens with one attached hydrogen (secondary N) is 1. The van der Waals surface area contributed by atoms with Crippen molar-refractivity contribution in [1.82, 2.24) is 9.55 Å². The van der Waals surface area contributed by atoms with Gasteiger partial charge in [-0.2, -0.15) is 0 Å². The van der Waals surface area contributed by atoms with Crippen LogP contribution in [-0.4, -0.2) is 27.7 Å².